The fourth-order valence-corrected chi connectivity index (χ4v) is 4.27. The van der Waals surface area contributed by atoms with E-state index in [1.165, 1.54) is 23.4 Å². The molecule has 0 radical (unpaired) electrons. The van der Waals surface area contributed by atoms with Crippen LogP contribution < -0.4 is 15.1 Å². The Morgan fingerprint density at radius 3 is 2.50 bits per heavy atom. The highest BCUT2D eigenvalue weighted by Crippen LogP contribution is 2.26. The minimum absolute atomic E-state index is 0.0817. The summed E-state index contributed by atoms with van der Waals surface area (Å²) in [6.07, 6.45) is -0.607. The van der Waals surface area contributed by atoms with Gasteiger partial charge in [-0.25, -0.2) is 4.79 Å². The summed E-state index contributed by atoms with van der Waals surface area (Å²) in [5.74, 6) is -0.662. The molecule has 0 bridgehead atoms. The van der Waals surface area contributed by atoms with Gasteiger partial charge in [0, 0.05) is 75.9 Å². The van der Waals surface area contributed by atoms with Crippen LogP contribution in [0.15, 0.2) is 30.3 Å². The smallest absolute Gasteiger partial charge is 0.435 e. The minimum Gasteiger partial charge on any atom is -0.492 e. The Labute approximate surface area is 187 Å². The molecule has 0 aliphatic carbocycles. The lowest BCUT2D eigenvalue weighted by Gasteiger charge is -2.39. The molecule has 3 N–H and O–H groups in total. The molecule has 3 heterocycles. The number of rotatable bonds is 5. The van der Waals surface area contributed by atoms with Crippen LogP contribution in [-0.2, 0) is 11.3 Å². The fourth-order valence-electron chi connectivity index (χ4n) is 4.27. The van der Waals surface area contributed by atoms with Crippen molar-refractivity contribution in [2.24, 2.45) is 0 Å². The Morgan fingerprint density at radius 1 is 1.12 bits per heavy atom. The van der Waals surface area contributed by atoms with Crippen LogP contribution >= 0.6 is 0 Å². The zero-order valence-electron chi connectivity index (χ0n) is 18.5. The van der Waals surface area contributed by atoms with Crippen molar-refractivity contribution in [3.63, 3.8) is 0 Å². The topological polar surface area (TPSA) is 103 Å². The summed E-state index contributed by atoms with van der Waals surface area (Å²) in [5.41, 5.74) is 3.50. The van der Waals surface area contributed by atoms with Crippen LogP contribution in [0.25, 0.3) is 0 Å². The van der Waals surface area contributed by atoms with E-state index in [2.05, 4.69) is 33.3 Å². The molecule has 1 atom stereocenters. The molecule has 1 aromatic carbocycles. The molecule has 0 spiro atoms. The number of benzene rings is 1. The number of nitrogens with zero attached hydrogens (tertiary/aromatic N) is 4. The van der Waals surface area contributed by atoms with Crippen molar-refractivity contribution < 1.29 is 24.6 Å². The number of piperazine rings is 1. The van der Waals surface area contributed by atoms with Crippen molar-refractivity contribution in [2.75, 3.05) is 63.2 Å². The SMILES string of the molecule is CNc1cc(N2CCOCC2)ccc1CN1CCN(C(=O)On2c(O)ccc2O)C(C)C1. The number of morpholine rings is 1. The molecule has 174 valence electrons. The Kier molecular flexibility index (Phi) is 6.61. The van der Waals surface area contributed by atoms with Crippen molar-refractivity contribution in [3.8, 4) is 11.8 Å². The van der Waals surface area contributed by atoms with E-state index in [9.17, 15) is 15.0 Å². The highest BCUT2D eigenvalue weighted by Gasteiger charge is 2.30. The molecule has 1 unspecified atom stereocenters. The van der Waals surface area contributed by atoms with Crippen LogP contribution in [0.3, 0.4) is 0 Å². The first-order valence-corrected chi connectivity index (χ1v) is 10.9. The molecule has 1 amide bonds. The third kappa shape index (κ3) is 4.71. The minimum atomic E-state index is -0.607. The number of nitrogens with one attached hydrogen (secondary N) is 1. The van der Waals surface area contributed by atoms with Gasteiger partial charge in [0.25, 0.3) is 0 Å². The molecule has 10 heteroatoms. The number of aromatic nitrogens is 1. The quantitative estimate of drug-likeness (QED) is 0.637. The van der Waals surface area contributed by atoms with Crippen LogP contribution in [0.4, 0.5) is 16.2 Å². The Bertz CT molecular complexity index is 923. The first-order chi connectivity index (χ1) is 15.5. The lowest BCUT2D eigenvalue weighted by Crippen LogP contribution is -2.55. The molecule has 32 heavy (non-hydrogen) atoms. The Hall–Kier alpha value is -3.11. The zero-order valence-corrected chi connectivity index (χ0v) is 18.5. The molecule has 2 aliphatic heterocycles. The second-order valence-corrected chi connectivity index (χ2v) is 8.17. The average Bonchev–Trinajstić information content (AvgIpc) is 3.12. The third-order valence-electron chi connectivity index (χ3n) is 6.05. The molecule has 2 fully saturated rings. The van der Waals surface area contributed by atoms with Gasteiger partial charge in [0.1, 0.15) is 0 Å². The molecular weight excluding hydrogens is 414 g/mol. The summed E-state index contributed by atoms with van der Waals surface area (Å²) < 4.78 is 6.17. The maximum atomic E-state index is 12.6. The normalized spacial score (nSPS) is 19.8. The van der Waals surface area contributed by atoms with Gasteiger partial charge in [-0.05, 0) is 24.6 Å². The van der Waals surface area contributed by atoms with Crippen LogP contribution in [0, 0.1) is 0 Å². The van der Waals surface area contributed by atoms with E-state index in [0.717, 1.165) is 43.3 Å². The summed E-state index contributed by atoms with van der Waals surface area (Å²) in [5, 5.41) is 22.7. The van der Waals surface area contributed by atoms with Crippen molar-refractivity contribution in [2.45, 2.75) is 19.5 Å². The van der Waals surface area contributed by atoms with Gasteiger partial charge in [-0.3, -0.25) is 4.90 Å². The molecule has 2 aliphatic rings. The number of aromatic hydroxyl groups is 2. The highest BCUT2D eigenvalue weighted by molar-refractivity contribution is 5.69. The predicted molar refractivity (Wildman–Crippen MR) is 120 cm³/mol. The van der Waals surface area contributed by atoms with Crippen molar-refractivity contribution in [3.05, 3.63) is 35.9 Å². The van der Waals surface area contributed by atoms with Gasteiger partial charge in [0.2, 0.25) is 11.8 Å². The third-order valence-corrected chi connectivity index (χ3v) is 6.05. The van der Waals surface area contributed by atoms with Gasteiger partial charge in [0.05, 0.1) is 13.2 Å². The molecule has 0 saturated carbocycles. The first-order valence-electron chi connectivity index (χ1n) is 10.9. The van der Waals surface area contributed by atoms with E-state index < -0.39 is 6.09 Å². The Balaban J connectivity index is 1.37. The summed E-state index contributed by atoms with van der Waals surface area (Å²) in [4.78, 5) is 24.0. The monoisotopic (exact) mass is 445 g/mol. The average molecular weight is 446 g/mol. The van der Waals surface area contributed by atoms with Crippen molar-refractivity contribution in [1.82, 2.24) is 14.5 Å². The predicted octanol–water partition coefficient (Wildman–Crippen LogP) is 1.53. The molecule has 2 saturated heterocycles. The lowest BCUT2D eigenvalue weighted by molar-refractivity contribution is 0.0357. The van der Waals surface area contributed by atoms with E-state index in [1.807, 2.05) is 14.0 Å². The van der Waals surface area contributed by atoms with E-state index in [0.29, 0.717) is 19.6 Å². The van der Waals surface area contributed by atoms with E-state index in [-0.39, 0.29) is 17.8 Å². The number of carbonyl (C=O) groups is 1. The van der Waals surface area contributed by atoms with Gasteiger partial charge in [-0.1, -0.05) is 6.07 Å². The number of anilines is 2. The zero-order chi connectivity index (χ0) is 22.7. The lowest BCUT2D eigenvalue weighted by atomic mass is 10.1. The van der Waals surface area contributed by atoms with Crippen molar-refractivity contribution >= 4 is 17.5 Å². The standard InChI is InChI=1S/C22H31N5O5/c1-16-14-24(7-8-26(16)22(30)32-27-20(28)5-6-21(27)29)15-17-3-4-18(13-19(17)23-2)25-9-11-31-12-10-25/h3-6,13,16,23,28-29H,7-12,14-15H2,1-2H3. The fraction of sp³-hybridized carbons (Fsp3) is 0.500. The molecule has 1 aromatic heterocycles. The number of hydrogen-bond donors (Lipinski definition) is 3. The van der Waals surface area contributed by atoms with Gasteiger partial charge < -0.3 is 34.9 Å². The van der Waals surface area contributed by atoms with Crippen LogP contribution in [0.5, 0.6) is 11.8 Å². The summed E-state index contributed by atoms with van der Waals surface area (Å²) in [6, 6.07) is 8.95. The van der Waals surface area contributed by atoms with Crippen LogP contribution in [-0.4, -0.2) is 89.9 Å². The molecule has 2 aromatic rings. The largest absolute Gasteiger partial charge is 0.492 e. The van der Waals surface area contributed by atoms with E-state index in [1.54, 1.807) is 4.90 Å². The maximum absolute atomic E-state index is 12.6. The van der Waals surface area contributed by atoms with E-state index >= 15 is 0 Å². The Morgan fingerprint density at radius 2 is 1.84 bits per heavy atom. The molecule has 10 nitrogen and oxygen atoms in total. The first kappa shape index (κ1) is 22.1. The van der Waals surface area contributed by atoms with Gasteiger partial charge in [-0.15, -0.1) is 4.73 Å². The highest BCUT2D eigenvalue weighted by atomic mass is 16.7. The number of hydrogen-bond acceptors (Lipinski definition) is 8. The van der Waals surface area contributed by atoms with Crippen LogP contribution in [0.2, 0.25) is 0 Å². The van der Waals surface area contributed by atoms with Crippen molar-refractivity contribution in [1.29, 1.82) is 0 Å². The summed E-state index contributed by atoms with van der Waals surface area (Å²) in [6.45, 7) is 7.91. The number of amides is 1. The van der Waals surface area contributed by atoms with Gasteiger partial charge in [0.15, 0.2) is 0 Å². The second kappa shape index (κ2) is 9.58. The van der Waals surface area contributed by atoms with Crippen LogP contribution in [0.1, 0.15) is 12.5 Å². The summed E-state index contributed by atoms with van der Waals surface area (Å²) >= 11 is 0. The molecular formula is C22H31N5O5. The number of ether oxygens (including phenoxy) is 1. The van der Waals surface area contributed by atoms with Gasteiger partial charge in [-0.2, -0.15) is 0 Å². The molecule has 4 rings (SSSR count). The van der Waals surface area contributed by atoms with E-state index in [4.69, 9.17) is 9.57 Å². The van der Waals surface area contributed by atoms with Gasteiger partial charge >= 0.3 is 6.09 Å². The second-order valence-electron chi connectivity index (χ2n) is 8.17. The summed E-state index contributed by atoms with van der Waals surface area (Å²) in [7, 11) is 1.94. The maximum Gasteiger partial charge on any atom is 0.435 e. The number of carbonyl (C=O) groups excluding carboxylic acids is 1.